The second-order valence-electron chi connectivity index (χ2n) is 4.18. The van der Waals surface area contributed by atoms with Crippen LogP contribution in [0.2, 0.25) is 5.02 Å². The van der Waals surface area contributed by atoms with Gasteiger partial charge in [-0.05, 0) is 24.1 Å². The number of halogens is 1. The molecule has 5 heteroatoms. The number of nitriles is 1. The quantitative estimate of drug-likeness (QED) is 0.911. The van der Waals surface area contributed by atoms with E-state index in [-0.39, 0.29) is 11.8 Å². The minimum atomic E-state index is -0.700. The summed E-state index contributed by atoms with van der Waals surface area (Å²) in [5.74, 6) is -0.602. The van der Waals surface area contributed by atoms with Gasteiger partial charge in [-0.25, -0.2) is 0 Å². The van der Waals surface area contributed by atoms with Crippen molar-refractivity contribution in [1.82, 2.24) is 0 Å². The third-order valence-corrected chi connectivity index (χ3v) is 2.74. The molecule has 1 unspecified atom stereocenters. The van der Waals surface area contributed by atoms with Gasteiger partial charge in [-0.2, -0.15) is 5.26 Å². The Kier molecular flexibility index (Phi) is 4.99. The molecule has 1 rings (SSSR count). The standard InChI is InChI=1S/C13H15ClN2O2/c1-8(2)10(7-15)13(17)16-11-6-9(14)4-5-12(11)18-3/h4-6,8,10H,1-3H3,(H,16,17). The Bertz CT molecular complexity index is 480. The number of carbonyl (C=O) groups is 1. The predicted molar refractivity (Wildman–Crippen MR) is 70.6 cm³/mol. The van der Waals surface area contributed by atoms with Gasteiger partial charge < -0.3 is 10.1 Å². The molecular formula is C13H15ClN2O2. The van der Waals surface area contributed by atoms with E-state index in [1.54, 1.807) is 18.2 Å². The summed E-state index contributed by atoms with van der Waals surface area (Å²) in [5.41, 5.74) is 0.468. The molecule has 0 radical (unpaired) electrons. The molecule has 18 heavy (non-hydrogen) atoms. The third kappa shape index (κ3) is 3.38. The summed E-state index contributed by atoms with van der Waals surface area (Å²) in [6, 6.07) is 6.91. The van der Waals surface area contributed by atoms with Gasteiger partial charge in [-0.15, -0.1) is 0 Å². The largest absolute Gasteiger partial charge is 0.495 e. The molecule has 0 fully saturated rings. The normalized spacial score (nSPS) is 11.8. The Morgan fingerprint density at radius 1 is 1.50 bits per heavy atom. The van der Waals surface area contributed by atoms with E-state index in [9.17, 15) is 4.79 Å². The molecule has 1 amide bonds. The fraction of sp³-hybridized carbons (Fsp3) is 0.385. The van der Waals surface area contributed by atoms with Gasteiger partial charge in [0.15, 0.2) is 0 Å². The van der Waals surface area contributed by atoms with Crippen LogP contribution in [0.5, 0.6) is 5.75 Å². The number of nitrogens with one attached hydrogen (secondary N) is 1. The van der Waals surface area contributed by atoms with Gasteiger partial charge in [0, 0.05) is 5.02 Å². The highest BCUT2D eigenvalue weighted by Crippen LogP contribution is 2.28. The number of ether oxygens (including phenoxy) is 1. The van der Waals surface area contributed by atoms with Gasteiger partial charge >= 0.3 is 0 Å². The summed E-state index contributed by atoms with van der Waals surface area (Å²) in [5, 5.41) is 12.1. The van der Waals surface area contributed by atoms with Gasteiger partial charge in [0.1, 0.15) is 11.7 Å². The summed E-state index contributed by atoms with van der Waals surface area (Å²) >= 11 is 5.86. The summed E-state index contributed by atoms with van der Waals surface area (Å²) in [6.07, 6.45) is 0. The lowest BCUT2D eigenvalue weighted by molar-refractivity contribution is -0.119. The van der Waals surface area contributed by atoms with Crippen molar-refractivity contribution in [3.8, 4) is 11.8 Å². The molecular weight excluding hydrogens is 252 g/mol. The lowest BCUT2D eigenvalue weighted by Crippen LogP contribution is -2.25. The Labute approximate surface area is 112 Å². The van der Waals surface area contributed by atoms with Gasteiger partial charge in [0.05, 0.1) is 18.9 Å². The first-order chi connectivity index (χ1) is 8.49. The number of anilines is 1. The summed E-state index contributed by atoms with van der Waals surface area (Å²) in [4.78, 5) is 11.9. The lowest BCUT2D eigenvalue weighted by atomic mass is 9.96. The Balaban J connectivity index is 2.94. The molecule has 1 N–H and O–H groups in total. The highest BCUT2D eigenvalue weighted by Gasteiger charge is 2.22. The lowest BCUT2D eigenvalue weighted by Gasteiger charge is -2.15. The number of hydrogen-bond acceptors (Lipinski definition) is 3. The molecule has 0 aliphatic heterocycles. The average Bonchev–Trinajstić information content (AvgIpc) is 2.29. The van der Waals surface area contributed by atoms with Crippen molar-refractivity contribution < 1.29 is 9.53 Å². The molecule has 4 nitrogen and oxygen atoms in total. The van der Waals surface area contributed by atoms with E-state index in [0.717, 1.165) is 0 Å². The molecule has 96 valence electrons. The zero-order chi connectivity index (χ0) is 13.7. The fourth-order valence-electron chi connectivity index (χ4n) is 1.50. The molecule has 0 aliphatic carbocycles. The van der Waals surface area contributed by atoms with Crippen molar-refractivity contribution in [2.75, 3.05) is 12.4 Å². The predicted octanol–water partition coefficient (Wildman–Crippen LogP) is 3.08. The van der Waals surface area contributed by atoms with Crippen molar-refractivity contribution in [3.63, 3.8) is 0 Å². The smallest absolute Gasteiger partial charge is 0.242 e. The van der Waals surface area contributed by atoms with Crippen molar-refractivity contribution in [2.24, 2.45) is 11.8 Å². The van der Waals surface area contributed by atoms with Crippen LogP contribution in [-0.4, -0.2) is 13.0 Å². The van der Waals surface area contributed by atoms with Gasteiger partial charge in [-0.3, -0.25) is 4.79 Å². The first-order valence-corrected chi connectivity index (χ1v) is 5.91. The van der Waals surface area contributed by atoms with E-state index in [1.807, 2.05) is 19.9 Å². The molecule has 0 saturated heterocycles. The number of benzene rings is 1. The SMILES string of the molecule is COc1ccc(Cl)cc1NC(=O)C(C#N)C(C)C. The van der Waals surface area contributed by atoms with Crippen molar-refractivity contribution >= 4 is 23.2 Å². The minimum Gasteiger partial charge on any atom is -0.495 e. The molecule has 0 aliphatic rings. The topological polar surface area (TPSA) is 62.1 Å². The Morgan fingerprint density at radius 3 is 2.67 bits per heavy atom. The number of carbonyl (C=O) groups excluding carboxylic acids is 1. The highest BCUT2D eigenvalue weighted by atomic mass is 35.5. The maximum absolute atomic E-state index is 11.9. The van der Waals surface area contributed by atoms with E-state index >= 15 is 0 Å². The van der Waals surface area contributed by atoms with Crippen molar-refractivity contribution in [3.05, 3.63) is 23.2 Å². The van der Waals surface area contributed by atoms with Crippen LogP contribution in [0.1, 0.15) is 13.8 Å². The van der Waals surface area contributed by atoms with E-state index < -0.39 is 5.92 Å². The Hall–Kier alpha value is -1.73. The van der Waals surface area contributed by atoms with Crippen molar-refractivity contribution in [1.29, 1.82) is 5.26 Å². The summed E-state index contributed by atoms with van der Waals surface area (Å²) in [6.45, 7) is 3.64. The van der Waals surface area contributed by atoms with E-state index in [0.29, 0.717) is 16.5 Å². The van der Waals surface area contributed by atoms with E-state index in [1.165, 1.54) is 7.11 Å². The third-order valence-electron chi connectivity index (χ3n) is 2.51. The van der Waals surface area contributed by atoms with Crippen LogP contribution in [0.4, 0.5) is 5.69 Å². The number of methoxy groups -OCH3 is 1. The molecule has 0 saturated carbocycles. The van der Waals surface area contributed by atoms with E-state index in [2.05, 4.69) is 5.32 Å². The zero-order valence-electron chi connectivity index (χ0n) is 10.5. The van der Waals surface area contributed by atoms with Crippen LogP contribution in [0.3, 0.4) is 0 Å². The minimum absolute atomic E-state index is 0.0554. The molecule has 1 atom stereocenters. The van der Waals surface area contributed by atoms with Crippen LogP contribution in [0.15, 0.2) is 18.2 Å². The summed E-state index contributed by atoms with van der Waals surface area (Å²) < 4.78 is 5.12. The van der Waals surface area contributed by atoms with Crippen LogP contribution in [0, 0.1) is 23.2 Å². The summed E-state index contributed by atoms with van der Waals surface area (Å²) in [7, 11) is 1.50. The first kappa shape index (κ1) is 14.3. The molecule has 0 spiro atoms. The molecule has 0 aromatic heterocycles. The van der Waals surface area contributed by atoms with Gasteiger partial charge in [0.2, 0.25) is 5.91 Å². The molecule has 1 aromatic carbocycles. The molecule has 0 bridgehead atoms. The maximum Gasteiger partial charge on any atom is 0.242 e. The number of hydrogen-bond donors (Lipinski definition) is 1. The highest BCUT2D eigenvalue weighted by molar-refractivity contribution is 6.31. The monoisotopic (exact) mass is 266 g/mol. The van der Waals surface area contributed by atoms with Crippen LogP contribution < -0.4 is 10.1 Å². The van der Waals surface area contributed by atoms with Gasteiger partial charge in [0.25, 0.3) is 0 Å². The number of amides is 1. The van der Waals surface area contributed by atoms with Crippen LogP contribution in [-0.2, 0) is 4.79 Å². The number of rotatable bonds is 4. The van der Waals surface area contributed by atoms with Gasteiger partial charge in [-0.1, -0.05) is 25.4 Å². The van der Waals surface area contributed by atoms with Crippen LogP contribution >= 0.6 is 11.6 Å². The Morgan fingerprint density at radius 2 is 2.17 bits per heavy atom. The zero-order valence-corrected chi connectivity index (χ0v) is 11.3. The fourth-order valence-corrected chi connectivity index (χ4v) is 1.67. The van der Waals surface area contributed by atoms with E-state index in [4.69, 9.17) is 21.6 Å². The first-order valence-electron chi connectivity index (χ1n) is 5.53. The second kappa shape index (κ2) is 6.27. The second-order valence-corrected chi connectivity index (χ2v) is 4.62. The van der Waals surface area contributed by atoms with Crippen molar-refractivity contribution in [2.45, 2.75) is 13.8 Å². The maximum atomic E-state index is 11.9. The number of nitrogens with zero attached hydrogens (tertiary/aromatic N) is 1. The molecule has 0 heterocycles. The van der Waals surface area contributed by atoms with Crippen LogP contribution in [0.25, 0.3) is 0 Å². The average molecular weight is 267 g/mol. The molecule has 1 aromatic rings.